The van der Waals surface area contributed by atoms with Crippen LogP contribution in [-0.2, 0) is 4.79 Å². The van der Waals surface area contributed by atoms with Gasteiger partial charge in [0.15, 0.2) is 0 Å². The maximum Gasteiger partial charge on any atom is 0.261 e. The smallest absolute Gasteiger partial charge is 0.261 e. The van der Waals surface area contributed by atoms with Crippen molar-refractivity contribution in [3.05, 3.63) is 0 Å². The lowest BCUT2D eigenvalue weighted by atomic mass is 9.96. The van der Waals surface area contributed by atoms with E-state index in [-0.39, 0.29) is 18.9 Å². The third kappa shape index (κ3) is 2.62. The summed E-state index contributed by atoms with van der Waals surface area (Å²) in [5, 5.41) is 2.56. The molecule has 1 rings (SSSR count). The maximum absolute atomic E-state index is 12.8. The second-order valence-electron chi connectivity index (χ2n) is 3.62. The number of piperidine rings is 1. The first-order valence-corrected chi connectivity index (χ1v) is 4.22. The number of carbonyl (C=O) groups is 1. The minimum atomic E-state index is -2.74. The average Bonchev–Trinajstić information content (AvgIpc) is 2.01. The van der Waals surface area contributed by atoms with Crippen molar-refractivity contribution in [2.45, 2.75) is 12.3 Å². The molecule has 1 fully saturated rings. The van der Waals surface area contributed by atoms with E-state index in [2.05, 4.69) is 5.32 Å². The van der Waals surface area contributed by atoms with Crippen LogP contribution in [0.15, 0.2) is 0 Å². The number of hydrogen-bond donors (Lipinski definition) is 1. The molecular weight excluding hydrogens is 178 g/mol. The van der Waals surface area contributed by atoms with E-state index in [9.17, 15) is 13.6 Å². The number of rotatable bonds is 1. The molecule has 1 amide bonds. The van der Waals surface area contributed by atoms with Crippen molar-refractivity contribution in [2.24, 2.45) is 5.92 Å². The molecule has 1 heterocycles. The summed E-state index contributed by atoms with van der Waals surface area (Å²) in [6, 6.07) is 0. The molecule has 0 aromatic carbocycles. The van der Waals surface area contributed by atoms with Gasteiger partial charge in [-0.3, -0.25) is 4.79 Å². The summed E-state index contributed by atoms with van der Waals surface area (Å²) in [5.74, 6) is -3.56. The summed E-state index contributed by atoms with van der Waals surface area (Å²) in [6.45, 7) is 0.0385. The highest BCUT2D eigenvalue weighted by molar-refractivity contribution is 5.78. The molecule has 0 aliphatic carbocycles. The Morgan fingerprint density at radius 1 is 1.54 bits per heavy atom. The molecular formula is C8H14F2N2O. The van der Waals surface area contributed by atoms with E-state index in [0.717, 1.165) is 0 Å². The molecule has 1 unspecified atom stereocenters. The number of hydrogen-bond acceptors (Lipinski definition) is 2. The number of nitrogens with zero attached hydrogens (tertiary/aromatic N) is 1. The third-order valence-corrected chi connectivity index (χ3v) is 2.11. The fourth-order valence-corrected chi connectivity index (χ4v) is 1.47. The second-order valence-corrected chi connectivity index (χ2v) is 3.62. The van der Waals surface area contributed by atoms with E-state index in [0.29, 0.717) is 6.54 Å². The van der Waals surface area contributed by atoms with E-state index in [1.165, 1.54) is 4.90 Å². The maximum atomic E-state index is 12.8. The molecule has 0 aromatic heterocycles. The first-order chi connectivity index (χ1) is 5.92. The Labute approximate surface area is 76.1 Å². The van der Waals surface area contributed by atoms with Crippen molar-refractivity contribution in [1.82, 2.24) is 10.2 Å². The topological polar surface area (TPSA) is 32.3 Å². The van der Waals surface area contributed by atoms with Crippen LogP contribution in [0.1, 0.15) is 6.42 Å². The number of halogens is 2. The van der Waals surface area contributed by atoms with Gasteiger partial charge in [-0.05, 0) is 0 Å². The Bertz CT molecular complexity index is 206. The lowest BCUT2D eigenvalue weighted by Crippen LogP contribution is -2.48. The van der Waals surface area contributed by atoms with E-state index >= 15 is 0 Å². The quantitative estimate of drug-likeness (QED) is 0.649. The molecule has 3 nitrogen and oxygen atoms in total. The van der Waals surface area contributed by atoms with Gasteiger partial charge in [-0.2, -0.15) is 0 Å². The minimum absolute atomic E-state index is 0.230. The van der Waals surface area contributed by atoms with Gasteiger partial charge in [0, 0.05) is 27.1 Å². The monoisotopic (exact) mass is 192 g/mol. The highest BCUT2D eigenvalue weighted by Crippen LogP contribution is 2.26. The first-order valence-electron chi connectivity index (χ1n) is 4.22. The SMILES string of the molecule is CN(C)C(=O)C1CNCC(F)(F)C1. The van der Waals surface area contributed by atoms with Crippen molar-refractivity contribution in [2.75, 3.05) is 27.2 Å². The fourth-order valence-electron chi connectivity index (χ4n) is 1.47. The van der Waals surface area contributed by atoms with Crippen molar-refractivity contribution >= 4 is 5.91 Å². The molecule has 1 aliphatic heterocycles. The van der Waals surface area contributed by atoms with Crippen LogP contribution in [0, 0.1) is 5.92 Å². The zero-order valence-electron chi connectivity index (χ0n) is 7.81. The summed E-state index contributed by atoms with van der Waals surface area (Å²) < 4.78 is 25.7. The largest absolute Gasteiger partial charge is 0.349 e. The molecule has 76 valence electrons. The van der Waals surface area contributed by atoms with Crippen LogP contribution in [0.4, 0.5) is 8.78 Å². The van der Waals surface area contributed by atoms with Gasteiger partial charge >= 0.3 is 0 Å². The van der Waals surface area contributed by atoms with Gasteiger partial charge in [0.2, 0.25) is 5.91 Å². The highest BCUT2D eigenvalue weighted by Gasteiger charge is 2.39. The molecule has 5 heteroatoms. The van der Waals surface area contributed by atoms with Gasteiger partial charge in [-0.25, -0.2) is 8.78 Å². The van der Waals surface area contributed by atoms with E-state index in [1.54, 1.807) is 14.1 Å². The summed E-state index contributed by atoms with van der Waals surface area (Å²) in [5.41, 5.74) is 0. The summed E-state index contributed by atoms with van der Waals surface area (Å²) in [6.07, 6.45) is -0.336. The van der Waals surface area contributed by atoms with Crippen molar-refractivity contribution < 1.29 is 13.6 Å². The molecule has 1 atom stereocenters. The van der Waals surface area contributed by atoms with Gasteiger partial charge in [0.25, 0.3) is 5.92 Å². The van der Waals surface area contributed by atoms with Crippen LogP contribution in [0.2, 0.25) is 0 Å². The standard InChI is InChI=1S/C8H14F2N2O/c1-12(2)7(13)6-3-8(9,10)5-11-4-6/h6,11H,3-5H2,1-2H3. The van der Waals surface area contributed by atoms with Crippen molar-refractivity contribution in [1.29, 1.82) is 0 Å². The molecule has 13 heavy (non-hydrogen) atoms. The van der Waals surface area contributed by atoms with Crippen molar-refractivity contribution in [3.63, 3.8) is 0 Å². The number of nitrogens with one attached hydrogen (secondary N) is 1. The lowest BCUT2D eigenvalue weighted by Gasteiger charge is -2.30. The number of carbonyl (C=O) groups excluding carboxylic acids is 1. The minimum Gasteiger partial charge on any atom is -0.349 e. The number of amides is 1. The second kappa shape index (κ2) is 3.57. The summed E-state index contributed by atoms with van der Waals surface area (Å²) >= 11 is 0. The van der Waals surface area contributed by atoms with Crippen LogP contribution < -0.4 is 5.32 Å². The predicted molar refractivity (Wildman–Crippen MR) is 44.6 cm³/mol. The Morgan fingerprint density at radius 2 is 2.15 bits per heavy atom. The predicted octanol–water partition coefficient (Wildman–Crippen LogP) is 0.319. The normalized spacial score (nSPS) is 26.9. The molecule has 0 spiro atoms. The van der Waals surface area contributed by atoms with E-state index in [1.807, 2.05) is 0 Å². The lowest BCUT2D eigenvalue weighted by molar-refractivity contribution is -0.138. The molecule has 1 N–H and O–H groups in total. The Kier molecular flexibility index (Phi) is 2.85. The number of alkyl halides is 2. The summed E-state index contributed by atoms with van der Waals surface area (Å²) in [7, 11) is 3.16. The molecule has 0 aromatic rings. The van der Waals surface area contributed by atoms with Gasteiger partial charge in [0.1, 0.15) is 0 Å². The van der Waals surface area contributed by atoms with Crippen LogP contribution >= 0.6 is 0 Å². The third-order valence-electron chi connectivity index (χ3n) is 2.11. The highest BCUT2D eigenvalue weighted by atomic mass is 19.3. The summed E-state index contributed by atoms with van der Waals surface area (Å²) in [4.78, 5) is 12.7. The van der Waals surface area contributed by atoms with Gasteiger partial charge in [-0.15, -0.1) is 0 Å². The van der Waals surface area contributed by atoms with Crippen molar-refractivity contribution in [3.8, 4) is 0 Å². The fraction of sp³-hybridized carbons (Fsp3) is 0.875. The molecule has 0 bridgehead atoms. The van der Waals surface area contributed by atoms with Crippen LogP contribution in [0.5, 0.6) is 0 Å². The molecule has 1 aliphatic rings. The van der Waals surface area contributed by atoms with Crippen LogP contribution in [-0.4, -0.2) is 43.9 Å². The average molecular weight is 192 g/mol. The van der Waals surface area contributed by atoms with Crippen LogP contribution in [0.25, 0.3) is 0 Å². The van der Waals surface area contributed by atoms with Crippen LogP contribution in [0.3, 0.4) is 0 Å². The molecule has 1 saturated heterocycles. The molecule has 0 saturated carbocycles. The zero-order chi connectivity index (χ0) is 10.1. The van der Waals surface area contributed by atoms with Gasteiger partial charge < -0.3 is 10.2 Å². The Morgan fingerprint density at radius 3 is 2.62 bits per heavy atom. The van der Waals surface area contributed by atoms with Gasteiger partial charge in [-0.1, -0.05) is 0 Å². The van der Waals surface area contributed by atoms with Gasteiger partial charge in [0.05, 0.1) is 12.5 Å². The first kappa shape index (κ1) is 10.4. The van der Waals surface area contributed by atoms with E-state index in [4.69, 9.17) is 0 Å². The van der Waals surface area contributed by atoms with E-state index < -0.39 is 11.8 Å². The molecule has 0 radical (unpaired) electrons. The zero-order valence-corrected chi connectivity index (χ0v) is 7.81. The Hall–Kier alpha value is -0.710. The Balaban J connectivity index is 2.57.